The quantitative estimate of drug-likeness (QED) is 0.658. The van der Waals surface area contributed by atoms with Crippen LogP contribution in [0.3, 0.4) is 0 Å². The summed E-state index contributed by atoms with van der Waals surface area (Å²) in [5, 5.41) is 4.37. The summed E-state index contributed by atoms with van der Waals surface area (Å²) in [7, 11) is 0. The van der Waals surface area contributed by atoms with Gasteiger partial charge in [0.2, 0.25) is 0 Å². The van der Waals surface area contributed by atoms with E-state index in [0.29, 0.717) is 5.92 Å². The van der Waals surface area contributed by atoms with Crippen molar-refractivity contribution in [2.75, 3.05) is 0 Å². The molecule has 2 heterocycles. The van der Waals surface area contributed by atoms with Gasteiger partial charge in [0.15, 0.2) is 0 Å². The van der Waals surface area contributed by atoms with Crippen molar-refractivity contribution in [3.8, 4) is 0 Å². The van der Waals surface area contributed by atoms with Gasteiger partial charge in [-0.2, -0.15) is 0 Å². The van der Waals surface area contributed by atoms with E-state index in [1.54, 1.807) is 0 Å². The van der Waals surface area contributed by atoms with Gasteiger partial charge in [-0.05, 0) is 54.3 Å². The lowest BCUT2D eigenvalue weighted by molar-refractivity contribution is 0.855. The minimum absolute atomic E-state index is 0.512. The van der Waals surface area contributed by atoms with Gasteiger partial charge in [0, 0.05) is 15.7 Å². The van der Waals surface area contributed by atoms with Crippen molar-refractivity contribution >= 4 is 22.7 Å². The first-order valence-corrected chi connectivity index (χ1v) is 7.19. The van der Waals surface area contributed by atoms with E-state index < -0.39 is 0 Å². The molecule has 2 heteroatoms. The smallest absolute Gasteiger partial charge is 0.0317 e. The molecular formula is C14H16S2. The third kappa shape index (κ3) is 2.13. The lowest BCUT2D eigenvalue weighted by Gasteiger charge is -2.14. The number of rotatable bonds is 4. The maximum atomic E-state index is 3.89. The van der Waals surface area contributed by atoms with E-state index in [-0.39, 0.29) is 0 Å². The van der Waals surface area contributed by atoms with E-state index in [4.69, 9.17) is 0 Å². The molecule has 0 saturated carbocycles. The fraction of sp³-hybridized carbons (Fsp3) is 0.286. The Morgan fingerprint density at radius 1 is 1.12 bits per heavy atom. The summed E-state index contributed by atoms with van der Waals surface area (Å²) in [6.45, 7) is 8.29. The highest BCUT2D eigenvalue weighted by molar-refractivity contribution is 7.11. The van der Waals surface area contributed by atoms with Gasteiger partial charge < -0.3 is 0 Å². The van der Waals surface area contributed by atoms with Crippen LogP contribution in [0.1, 0.15) is 33.2 Å². The Labute approximate surface area is 105 Å². The van der Waals surface area contributed by atoms with Crippen LogP contribution < -0.4 is 0 Å². The minimum atomic E-state index is 0.512. The van der Waals surface area contributed by atoms with Crippen molar-refractivity contribution in [1.29, 1.82) is 0 Å². The van der Waals surface area contributed by atoms with Crippen LogP contribution in [0.15, 0.2) is 35.5 Å². The second-order valence-corrected chi connectivity index (χ2v) is 5.91. The first kappa shape index (κ1) is 11.6. The molecule has 2 aromatic heterocycles. The van der Waals surface area contributed by atoms with Crippen LogP contribution in [-0.4, -0.2) is 0 Å². The Morgan fingerprint density at radius 3 is 1.94 bits per heavy atom. The number of hydrogen-bond donors (Lipinski definition) is 0. The molecule has 16 heavy (non-hydrogen) atoms. The van der Waals surface area contributed by atoms with Gasteiger partial charge in [0.1, 0.15) is 0 Å². The third-order valence-corrected chi connectivity index (χ3v) is 5.10. The van der Waals surface area contributed by atoms with Gasteiger partial charge in [-0.15, -0.1) is 29.3 Å². The summed E-state index contributed by atoms with van der Waals surface area (Å²) in [6, 6.07) is 4.41. The normalized spacial score (nSPS) is 10.9. The van der Waals surface area contributed by atoms with E-state index in [2.05, 4.69) is 43.3 Å². The minimum Gasteiger partial charge on any atom is -0.148 e. The Bertz CT molecular complexity index is 436. The molecule has 0 aliphatic rings. The predicted molar refractivity (Wildman–Crippen MR) is 74.8 cm³/mol. The monoisotopic (exact) mass is 248 g/mol. The molecule has 84 valence electrons. The van der Waals surface area contributed by atoms with Gasteiger partial charge in [-0.25, -0.2) is 0 Å². The predicted octanol–water partition coefficient (Wildman–Crippen LogP) is 5.13. The van der Waals surface area contributed by atoms with Crippen LogP contribution in [0.5, 0.6) is 0 Å². The van der Waals surface area contributed by atoms with Crippen molar-refractivity contribution < 1.29 is 0 Å². The number of allylic oxidation sites excluding steroid dienone is 1. The first-order chi connectivity index (χ1) is 7.74. The van der Waals surface area contributed by atoms with Gasteiger partial charge in [0.25, 0.3) is 0 Å². The van der Waals surface area contributed by atoms with Crippen molar-refractivity contribution in [2.45, 2.75) is 26.2 Å². The molecule has 0 aromatic carbocycles. The molecule has 0 aliphatic heterocycles. The van der Waals surface area contributed by atoms with E-state index in [1.807, 2.05) is 28.7 Å². The largest absolute Gasteiger partial charge is 0.148 e. The molecule has 0 fully saturated rings. The SMILES string of the molecule is C=CCC(c1sccc1C)c1sccc1C. The molecule has 0 bridgehead atoms. The van der Waals surface area contributed by atoms with Gasteiger partial charge in [-0.3, -0.25) is 0 Å². The molecule has 2 aromatic rings. The van der Waals surface area contributed by atoms with Crippen molar-refractivity contribution in [3.05, 3.63) is 56.4 Å². The summed E-state index contributed by atoms with van der Waals surface area (Å²) >= 11 is 3.73. The summed E-state index contributed by atoms with van der Waals surface area (Å²) in [6.07, 6.45) is 3.06. The molecule has 0 nitrogen and oxygen atoms in total. The van der Waals surface area contributed by atoms with Crippen molar-refractivity contribution in [1.82, 2.24) is 0 Å². The van der Waals surface area contributed by atoms with E-state index >= 15 is 0 Å². The number of hydrogen-bond acceptors (Lipinski definition) is 2. The Kier molecular flexibility index (Phi) is 3.62. The average molecular weight is 248 g/mol. The highest BCUT2D eigenvalue weighted by atomic mass is 32.1. The fourth-order valence-corrected chi connectivity index (χ4v) is 4.16. The van der Waals surface area contributed by atoms with E-state index in [9.17, 15) is 0 Å². The van der Waals surface area contributed by atoms with Gasteiger partial charge in [0.05, 0.1) is 0 Å². The van der Waals surface area contributed by atoms with Crippen molar-refractivity contribution in [2.24, 2.45) is 0 Å². The molecule has 0 amide bonds. The Hall–Kier alpha value is -0.860. The Morgan fingerprint density at radius 2 is 1.62 bits per heavy atom. The van der Waals surface area contributed by atoms with Crippen LogP contribution >= 0.6 is 22.7 Å². The molecule has 0 spiro atoms. The number of aryl methyl sites for hydroxylation is 2. The molecule has 0 unspecified atom stereocenters. The molecule has 0 N–H and O–H groups in total. The number of thiophene rings is 2. The maximum Gasteiger partial charge on any atom is 0.0317 e. The molecule has 0 aliphatic carbocycles. The second kappa shape index (κ2) is 4.98. The third-order valence-electron chi connectivity index (χ3n) is 2.84. The second-order valence-electron chi connectivity index (χ2n) is 4.01. The van der Waals surface area contributed by atoms with Crippen LogP contribution in [-0.2, 0) is 0 Å². The van der Waals surface area contributed by atoms with Crippen molar-refractivity contribution in [3.63, 3.8) is 0 Å². The topological polar surface area (TPSA) is 0 Å². The van der Waals surface area contributed by atoms with Crippen LogP contribution in [0.25, 0.3) is 0 Å². The molecule has 0 atom stereocenters. The van der Waals surface area contributed by atoms with Gasteiger partial charge >= 0.3 is 0 Å². The fourth-order valence-electron chi connectivity index (χ4n) is 1.98. The summed E-state index contributed by atoms with van der Waals surface area (Å²) in [5.41, 5.74) is 2.81. The molecule has 0 saturated heterocycles. The Balaban J connectivity index is 2.42. The summed E-state index contributed by atoms with van der Waals surface area (Å²) in [4.78, 5) is 2.98. The van der Waals surface area contributed by atoms with Crippen LogP contribution in [0, 0.1) is 13.8 Å². The zero-order chi connectivity index (χ0) is 11.5. The zero-order valence-corrected chi connectivity index (χ0v) is 11.3. The maximum absolute atomic E-state index is 3.89. The zero-order valence-electron chi connectivity index (χ0n) is 9.69. The first-order valence-electron chi connectivity index (χ1n) is 5.43. The molecule has 2 rings (SSSR count). The van der Waals surface area contributed by atoms with Crippen LogP contribution in [0.4, 0.5) is 0 Å². The molecular weight excluding hydrogens is 232 g/mol. The van der Waals surface area contributed by atoms with Gasteiger partial charge in [-0.1, -0.05) is 6.08 Å². The lowest BCUT2D eigenvalue weighted by Crippen LogP contribution is -1.98. The average Bonchev–Trinajstić information content (AvgIpc) is 2.84. The van der Waals surface area contributed by atoms with E-state index in [1.165, 1.54) is 20.9 Å². The molecule has 0 radical (unpaired) electrons. The summed E-state index contributed by atoms with van der Waals surface area (Å²) < 4.78 is 0. The lowest BCUT2D eigenvalue weighted by atomic mass is 9.97. The highest BCUT2D eigenvalue weighted by Gasteiger charge is 2.18. The van der Waals surface area contributed by atoms with E-state index in [0.717, 1.165) is 6.42 Å². The highest BCUT2D eigenvalue weighted by Crippen LogP contribution is 2.38. The van der Waals surface area contributed by atoms with Crippen LogP contribution in [0.2, 0.25) is 0 Å². The summed E-state index contributed by atoms with van der Waals surface area (Å²) in [5.74, 6) is 0.512. The standard InChI is InChI=1S/C14H16S2/c1-4-5-12(13-10(2)6-8-15-13)14-11(3)7-9-16-14/h4,6-9,12H,1,5H2,2-3H3.